The third-order valence-corrected chi connectivity index (χ3v) is 6.72. The van der Waals surface area contributed by atoms with Crippen LogP contribution >= 0.6 is 11.6 Å². The first-order valence-corrected chi connectivity index (χ1v) is 11.8. The number of nitrogens with zero attached hydrogens (tertiary/aromatic N) is 4. The van der Waals surface area contributed by atoms with E-state index < -0.39 is 4.92 Å². The van der Waals surface area contributed by atoms with Gasteiger partial charge in [0, 0.05) is 17.1 Å². The standard InChI is InChI=1S/C25H28ClN5O3/c1-17-24(31(33)34)18(2)30(28-17)16-19-9-11-20(12-10-19)25(32)27-15-23(29-13-5-6-14-29)21-7-3-4-8-22(21)26/h3-4,7-12,23H,5-6,13-16H2,1-2H3,(H,27,32). The van der Waals surface area contributed by atoms with E-state index in [1.807, 2.05) is 36.4 Å². The van der Waals surface area contributed by atoms with Crippen molar-refractivity contribution in [2.24, 2.45) is 0 Å². The number of likely N-dealkylation sites (tertiary alicyclic amines) is 1. The fourth-order valence-electron chi connectivity index (χ4n) is 4.57. The van der Waals surface area contributed by atoms with Crippen molar-refractivity contribution >= 4 is 23.2 Å². The van der Waals surface area contributed by atoms with Gasteiger partial charge in [-0.2, -0.15) is 5.10 Å². The van der Waals surface area contributed by atoms with Gasteiger partial charge in [-0.15, -0.1) is 0 Å². The molecule has 1 aromatic heterocycles. The number of aryl methyl sites for hydroxylation is 1. The zero-order valence-electron chi connectivity index (χ0n) is 19.3. The number of rotatable bonds is 8. The van der Waals surface area contributed by atoms with Gasteiger partial charge in [0.25, 0.3) is 5.91 Å². The van der Waals surface area contributed by atoms with E-state index in [9.17, 15) is 14.9 Å². The van der Waals surface area contributed by atoms with Crippen molar-refractivity contribution in [3.05, 3.63) is 91.7 Å². The molecule has 0 aliphatic carbocycles. The number of hydrogen-bond donors (Lipinski definition) is 1. The lowest BCUT2D eigenvalue weighted by Crippen LogP contribution is -2.37. The Balaban J connectivity index is 1.43. The average molecular weight is 482 g/mol. The Kier molecular flexibility index (Phi) is 7.29. The second-order valence-corrected chi connectivity index (χ2v) is 9.03. The molecule has 1 N–H and O–H groups in total. The molecule has 0 spiro atoms. The predicted octanol–water partition coefficient (Wildman–Crippen LogP) is 4.68. The van der Waals surface area contributed by atoms with Crippen molar-refractivity contribution in [3.8, 4) is 0 Å². The zero-order valence-corrected chi connectivity index (χ0v) is 20.1. The van der Waals surface area contributed by atoms with Gasteiger partial charge in [-0.05, 0) is 69.1 Å². The smallest absolute Gasteiger partial charge is 0.312 e. The van der Waals surface area contributed by atoms with Crippen LogP contribution < -0.4 is 5.32 Å². The molecule has 0 radical (unpaired) electrons. The lowest BCUT2D eigenvalue weighted by molar-refractivity contribution is -0.386. The molecule has 1 fully saturated rings. The molecule has 34 heavy (non-hydrogen) atoms. The van der Waals surface area contributed by atoms with E-state index in [1.165, 1.54) is 0 Å². The minimum atomic E-state index is -0.403. The molecule has 0 saturated carbocycles. The number of carbonyl (C=O) groups is 1. The molecule has 2 aromatic carbocycles. The molecule has 1 aliphatic rings. The van der Waals surface area contributed by atoms with Crippen LogP contribution in [0.2, 0.25) is 5.02 Å². The normalized spacial score (nSPS) is 14.8. The van der Waals surface area contributed by atoms with Crippen molar-refractivity contribution in [1.82, 2.24) is 20.0 Å². The first-order chi connectivity index (χ1) is 16.3. The largest absolute Gasteiger partial charge is 0.350 e. The second kappa shape index (κ2) is 10.4. The minimum Gasteiger partial charge on any atom is -0.350 e. The van der Waals surface area contributed by atoms with E-state index in [4.69, 9.17) is 11.6 Å². The summed E-state index contributed by atoms with van der Waals surface area (Å²) in [6, 6.07) is 15.1. The van der Waals surface area contributed by atoms with Gasteiger partial charge in [0.05, 0.1) is 17.5 Å². The van der Waals surface area contributed by atoms with Gasteiger partial charge >= 0.3 is 5.69 Å². The highest BCUT2D eigenvalue weighted by molar-refractivity contribution is 6.31. The van der Waals surface area contributed by atoms with Crippen LogP contribution in [0.5, 0.6) is 0 Å². The lowest BCUT2D eigenvalue weighted by atomic mass is 10.0. The van der Waals surface area contributed by atoms with Crippen molar-refractivity contribution in [3.63, 3.8) is 0 Å². The summed E-state index contributed by atoms with van der Waals surface area (Å²) >= 11 is 6.47. The highest BCUT2D eigenvalue weighted by Gasteiger charge is 2.26. The number of nitro groups is 1. The van der Waals surface area contributed by atoms with Gasteiger partial charge in [-0.1, -0.05) is 41.9 Å². The molecule has 178 valence electrons. The Bertz CT molecular complexity index is 1190. The van der Waals surface area contributed by atoms with E-state index in [-0.39, 0.29) is 17.6 Å². The molecule has 8 nitrogen and oxygen atoms in total. The summed E-state index contributed by atoms with van der Waals surface area (Å²) in [5.41, 5.74) is 3.44. The number of hydrogen-bond acceptors (Lipinski definition) is 5. The first kappa shape index (κ1) is 23.9. The summed E-state index contributed by atoms with van der Waals surface area (Å²) in [6.07, 6.45) is 2.30. The van der Waals surface area contributed by atoms with Crippen molar-refractivity contribution in [1.29, 1.82) is 0 Å². The Labute approximate surface area is 203 Å². The van der Waals surface area contributed by atoms with Crippen LogP contribution in [0.1, 0.15) is 51.8 Å². The Morgan fingerprint density at radius 3 is 2.44 bits per heavy atom. The van der Waals surface area contributed by atoms with E-state index in [1.54, 1.807) is 30.7 Å². The maximum Gasteiger partial charge on any atom is 0.312 e. The summed E-state index contributed by atoms with van der Waals surface area (Å²) in [6.45, 7) is 6.17. The molecule has 2 heterocycles. The molecular formula is C25H28ClN5O3. The van der Waals surface area contributed by atoms with Gasteiger partial charge in [-0.3, -0.25) is 24.5 Å². The number of amides is 1. The molecule has 0 bridgehead atoms. The van der Waals surface area contributed by atoms with Crippen LogP contribution in [-0.4, -0.2) is 45.1 Å². The number of aromatic nitrogens is 2. The molecule has 3 aromatic rings. The summed E-state index contributed by atoms with van der Waals surface area (Å²) in [5.74, 6) is -0.149. The number of carbonyl (C=O) groups excluding carboxylic acids is 1. The van der Waals surface area contributed by atoms with Gasteiger partial charge in [0.1, 0.15) is 11.4 Å². The van der Waals surface area contributed by atoms with Gasteiger partial charge in [0.15, 0.2) is 0 Å². The monoisotopic (exact) mass is 481 g/mol. The summed E-state index contributed by atoms with van der Waals surface area (Å²) in [7, 11) is 0. The minimum absolute atomic E-state index is 0.0289. The number of benzene rings is 2. The maximum absolute atomic E-state index is 12.9. The Morgan fingerprint density at radius 2 is 1.82 bits per heavy atom. The van der Waals surface area contributed by atoms with E-state index in [0.29, 0.717) is 35.1 Å². The van der Waals surface area contributed by atoms with Gasteiger partial charge < -0.3 is 5.32 Å². The third-order valence-electron chi connectivity index (χ3n) is 6.38. The van der Waals surface area contributed by atoms with Crippen molar-refractivity contribution in [2.75, 3.05) is 19.6 Å². The number of halogens is 1. The van der Waals surface area contributed by atoms with Crippen LogP contribution in [0.3, 0.4) is 0 Å². The quantitative estimate of drug-likeness (QED) is 0.372. The molecule has 1 amide bonds. The average Bonchev–Trinajstić information content (AvgIpc) is 3.43. The Morgan fingerprint density at radius 1 is 1.15 bits per heavy atom. The molecular weight excluding hydrogens is 454 g/mol. The van der Waals surface area contributed by atoms with Crippen LogP contribution in [0, 0.1) is 24.0 Å². The lowest BCUT2D eigenvalue weighted by Gasteiger charge is -2.29. The first-order valence-electron chi connectivity index (χ1n) is 11.4. The fraction of sp³-hybridized carbons (Fsp3) is 0.360. The van der Waals surface area contributed by atoms with Crippen LogP contribution in [0.4, 0.5) is 5.69 Å². The van der Waals surface area contributed by atoms with Crippen molar-refractivity contribution < 1.29 is 9.72 Å². The summed E-state index contributed by atoms with van der Waals surface area (Å²) < 4.78 is 1.62. The van der Waals surface area contributed by atoms with Crippen LogP contribution in [-0.2, 0) is 6.54 Å². The Hall–Kier alpha value is -3.23. The van der Waals surface area contributed by atoms with Crippen molar-refractivity contribution in [2.45, 2.75) is 39.3 Å². The predicted molar refractivity (Wildman–Crippen MR) is 131 cm³/mol. The molecule has 9 heteroatoms. The van der Waals surface area contributed by atoms with Gasteiger partial charge in [-0.25, -0.2) is 0 Å². The SMILES string of the molecule is Cc1nn(Cc2ccc(C(=O)NCC(c3ccccc3Cl)N3CCCC3)cc2)c(C)c1[N+](=O)[O-]. The van der Waals surface area contributed by atoms with Gasteiger partial charge in [0.2, 0.25) is 0 Å². The number of nitrogens with one attached hydrogen (secondary N) is 1. The molecule has 1 saturated heterocycles. The van der Waals surface area contributed by atoms with Crippen LogP contribution in [0.15, 0.2) is 48.5 Å². The van der Waals surface area contributed by atoms with Crippen LogP contribution in [0.25, 0.3) is 0 Å². The van der Waals surface area contributed by atoms with E-state index >= 15 is 0 Å². The highest BCUT2D eigenvalue weighted by atomic mass is 35.5. The van der Waals surface area contributed by atoms with E-state index in [0.717, 1.165) is 37.1 Å². The molecule has 4 rings (SSSR count). The summed E-state index contributed by atoms with van der Waals surface area (Å²) in [5, 5.41) is 19.3. The fourth-order valence-corrected chi connectivity index (χ4v) is 4.83. The zero-order chi connectivity index (χ0) is 24.2. The molecule has 1 atom stereocenters. The topological polar surface area (TPSA) is 93.3 Å². The van der Waals surface area contributed by atoms with E-state index in [2.05, 4.69) is 15.3 Å². The maximum atomic E-state index is 12.9. The molecule has 1 unspecified atom stereocenters. The molecule has 1 aliphatic heterocycles. The third kappa shape index (κ3) is 5.13. The summed E-state index contributed by atoms with van der Waals surface area (Å²) in [4.78, 5) is 26.1. The second-order valence-electron chi connectivity index (χ2n) is 8.62. The highest BCUT2D eigenvalue weighted by Crippen LogP contribution is 2.30.